The predicted octanol–water partition coefficient (Wildman–Crippen LogP) is 5.30. The van der Waals surface area contributed by atoms with Crippen molar-refractivity contribution in [1.82, 2.24) is 9.78 Å². The molecule has 1 amide bonds. The number of nitrogens with one attached hydrogen (secondary N) is 1. The third kappa shape index (κ3) is 5.19. The van der Waals surface area contributed by atoms with Gasteiger partial charge in [0, 0.05) is 27.2 Å². The largest absolute Gasteiger partial charge is 0.497 e. The van der Waals surface area contributed by atoms with Gasteiger partial charge in [0.1, 0.15) is 10.8 Å². The molecule has 1 heterocycles. The summed E-state index contributed by atoms with van der Waals surface area (Å²) < 4.78 is 6.43. The van der Waals surface area contributed by atoms with Crippen molar-refractivity contribution in [3.05, 3.63) is 106 Å². The Morgan fingerprint density at radius 3 is 2.28 bits per heavy atom. The number of anilines is 1. The maximum absolute atomic E-state index is 12.5. The SMILES string of the molecule is COc1ccc(NC(=O)c2ccc(-n3nc(Sc4ccc(Cl)cc4)ccc3=O)cc2)cc1. The van der Waals surface area contributed by atoms with Crippen LogP contribution in [0.4, 0.5) is 5.69 Å². The number of hydrogen-bond acceptors (Lipinski definition) is 5. The Kier molecular flexibility index (Phi) is 6.58. The second kappa shape index (κ2) is 9.72. The van der Waals surface area contributed by atoms with Gasteiger partial charge in [-0.05, 0) is 78.9 Å². The van der Waals surface area contributed by atoms with E-state index in [4.69, 9.17) is 16.3 Å². The lowest BCUT2D eigenvalue weighted by Crippen LogP contribution is -2.20. The third-order valence-corrected chi connectivity index (χ3v) is 5.72. The van der Waals surface area contributed by atoms with Crippen LogP contribution in [0.1, 0.15) is 10.4 Å². The van der Waals surface area contributed by atoms with Gasteiger partial charge in [-0.25, -0.2) is 0 Å². The summed E-state index contributed by atoms with van der Waals surface area (Å²) in [6, 6.07) is 24.3. The number of benzene rings is 3. The van der Waals surface area contributed by atoms with Gasteiger partial charge in [-0.15, -0.1) is 0 Å². The summed E-state index contributed by atoms with van der Waals surface area (Å²) in [5, 5.41) is 8.59. The fraction of sp³-hybridized carbons (Fsp3) is 0.0417. The van der Waals surface area contributed by atoms with Gasteiger partial charge < -0.3 is 10.1 Å². The lowest BCUT2D eigenvalue weighted by Gasteiger charge is -2.09. The smallest absolute Gasteiger partial charge is 0.271 e. The molecule has 3 aromatic carbocycles. The zero-order valence-electron chi connectivity index (χ0n) is 17.0. The minimum Gasteiger partial charge on any atom is -0.497 e. The summed E-state index contributed by atoms with van der Waals surface area (Å²) in [6.45, 7) is 0. The van der Waals surface area contributed by atoms with E-state index in [1.54, 1.807) is 73.8 Å². The molecule has 0 aliphatic rings. The molecule has 8 heteroatoms. The van der Waals surface area contributed by atoms with Crippen LogP contribution in [0.2, 0.25) is 5.02 Å². The number of carbonyl (C=O) groups excluding carboxylic acids is 1. The van der Waals surface area contributed by atoms with Crippen LogP contribution in [-0.4, -0.2) is 22.8 Å². The summed E-state index contributed by atoms with van der Waals surface area (Å²) in [5.74, 6) is 0.454. The number of carbonyl (C=O) groups is 1. The Labute approximate surface area is 193 Å². The molecule has 0 aliphatic heterocycles. The first-order valence-corrected chi connectivity index (χ1v) is 10.8. The van der Waals surface area contributed by atoms with E-state index in [2.05, 4.69) is 10.4 Å². The lowest BCUT2D eigenvalue weighted by atomic mass is 10.2. The Bertz CT molecular complexity index is 1290. The lowest BCUT2D eigenvalue weighted by molar-refractivity contribution is 0.102. The van der Waals surface area contributed by atoms with Gasteiger partial charge in [0.15, 0.2) is 0 Å². The van der Waals surface area contributed by atoms with Crippen LogP contribution in [0.5, 0.6) is 5.75 Å². The molecule has 1 aromatic heterocycles. The second-order valence-corrected chi connectivity index (χ2v) is 8.24. The van der Waals surface area contributed by atoms with E-state index in [0.29, 0.717) is 32.7 Å². The summed E-state index contributed by atoms with van der Waals surface area (Å²) in [7, 11) is 1.58. The number of rotatable bonds is 6. The second-order valence-electron chi connectivity index (χ2n) is 6.71. The number of ether oxygens (including phenoxy) is 1. The summed E-state index contributed by atoms with van der Waals surface area (Å²) in [5.41, 5.74) is 1.42. The first kappa shape index (κ1) is 21.7. The Morgan fingerprint density at radius 1 is 0.938 bits per heavy atom. The molecule has 0 bridgehead atoms. The molecule has 32 heavy (non-hydrogen) atoms. The number of halogens is 1. The summed E-state index contributed by atoms with van der Waals surface area (Å²) >= 11 is 7.35. The maximum Gasteiger partial charge on any atom is 0.271 e. The predicted molar refractivity (Wildman–Crippen MR) is 126 cm³/mol. The van der Waals surface area contributed by atoms with Crippen LogP contribution in [-0.2, 0) is 0 Å². The van der Waals surface area contributed by atoms with Crippen molar-refractivity contribution < 1.29 is 9.53 Å². The van der Waals surface area contributed by atoms with Gasteiger partial charge >= 0.3 is 0 Å². The first-order chi connectivity index (χ1) is 15.5. The van der Waals surface area contributed by atoms with Crippen LogP contribution in [0.3, 0.4) is 0 Å². The van der Waals surface area contributed by atoms with Crippen molar-refractivity contribution >= 4 is 35.0 Å². The van der Waals surface area contributed by atoms with Crippen molar-refractivity contribution in [3.8, 4) is 11.4 Å². The normalized spacial score (nSPS) is 10.6. The van der Waals surface area contributed by atoms with E-state index in [0.717, 1.165) is 4.90 Å². The van der Waals surface area contributed by atoms with Crippen LogP contribution >= 0.6 is 23.4 Å². The topological polar surface area (TPSA) is 73.2 Å². The molecule has 6 nitrogen and oxygen atoms in total. The minimum absolute atomic E-state index is 0.255. The summed E-state index contributed by atoms with van der Waals surface area (Å²) in [4.78, 5) is 25.8. The highest BCUT2D eigenvalue weighted by molar-refractivity contribution is 7.99. The zero-order chi connectivity index (χ0) is 22.5. The molecule has 0 aliphatic carbocycles. The molecule has 0 saturated carbocycles. The van der Waals surface area contributed by atoms with E-state index in [-0.39, 0.29) is 11.5 Å². The van der Waals surface area contributed by atoms with Crippen LogP contribution < -0.4 is 15.6 Å². The Hall–Kier alpha value is -3.55. The number of nitrogens with zero attached hydrogens (tertiary/aromatic N) is 2. The number of methoxy groups -OCH3 is 1. The monoisotopic (exact) mass is 463 g/mol. The molecular formula is C24H18ClN3O3S. The van der Waals surface area contributed by atoms with E-state index < -0.39 is 0 Å². The van der Waals surface area contributed by atoms with E-state index in [1.807, 2.05) is 12.1 Å². The highest BCUT2D eigenvalue weighted by atomic mass is 35.5. The maximum atomic E-state index is 12.5. The van der Waals surface area contributed by atoms with Gasteiger partial charge in [0.05, 0.1) is 12.8 Å². The van der Waals surface area contributed by atoms with Crippen LogP contribution in [0, 0.1) is 0 Å². The van der Waals surface area contributed by atoms with Gasteiger partial charge in [-0.2, -0.15) is 9.78 Å². The minimum atomic E-state index is -0.263. The fourth-order valence-electron chi connectivity index (χ4n) is 2.89. The molecule has 1 N–H and O–H groups in total. The molecule has 0 radical (unpaired) electrons. The number of amides is 1. The molecule has 0 fully saturated rings. The average Bonchev–Trinajstić information content (AvgIpc) is 2.82. The van der Waals surface area contributed by atoms with Crippen LogP contribution in [0.25, 0.3) is 5.69 Å². The first-order valence-electron chi connectivity index (χ1n) is 9.61. The van der Waals surface area contributed by atoms with Gasteiger partial charge in [0.25, 0.3) is 11.5 Å². The van der Waals surface area contributed by atoms with Crippen LogP contribution in [0.15, 0.2) is 99.6 Å². The van der Waals surface area contributed by atoms with E-state index >= 15 is 0 Å². The summed E-state index contributed by atoms with van der Waals surface area (Å²) in [6.07, 6.45) is 0. The third-order valence-electron chi connectivity index (χ3n) is 4.53. The molecule has 0 saturated heterocycles. The van der Waals surface area contributed by atoms with Gasteiger partial charge in [0.2, 0.25) is 0 Å². The standard InChI is InChI=1S/C24H18ClN3O3S/c1-31-20-10-6-18(7-11-20)26-24(30)16-2-8-19(9-3-16)28-23(29)15-14-22(27-28)32-21-12-4-17(25)5-13-21/h2-15H,1H3,(H,26,30). The molecule has 0 atom stereocenters. The molecule has 0 unspecified atom stereocenters. The van der Waals surface area contributed by atoms with Crippen molar-refractivity contribution in [3.63, 3.8) is 0 Å². The quantitative estimate of drug-likeness (QED) is 0.420. The van der Waals surface area contributed by atoms with Gasteiger partial charge in [-0.3, -0.25) is 9.59 Å². The fourth-order valence-corrected chi connectivity index (χ4v) is 3.79. The van der Waals surface area contributed by atoms with Crippen molar-refractivity contribution in [2.45, 2.75) is 9.92 Å². The molecule has 4 rings (SSSR count). The van der Waals surface area contributed by atoms with Crippen molar-refractivity contribution in [1.29, 1.82) is 0 Å². The Morgan fingerprint density at radius 2 is 1.62 bits per heavy atom. The molecule has 4 aromatic rings. The molecular weight excluding hydrogens is 446 g/mol. The highest BCUT2D eigenvalue weighted by Gasteiger charge is 2.09. The van der Waals surface area contributed by atoms with Crippen molar-refractivity contribution in [2.75, 3.05) is 12.4 Å². The van der Waals surface area contributed by atoms with Crippen molar-refractivity contribution in [2.24, 2.45) is 0 Å². The van der Waals surface area contributed by atoms with Gasteiger partial charge in [-0.1, -0.05) is 23.4 Å². The number of aromatic nitrogens is 2. The Balaban J connectivity index is 1.50. The molecule has 0 spiro atoms. The highest BCUT2D eigenvalue weighted by Crippen LogP contribution is 2.26. The average molecular weight is 464 g/mol. The zero-order valence-corrected chi connectivity index (χ0v) is 18.6. The molecule has 160 valence electrons. The van der Waals surface area contributed by atoms with E-state index in [1.165, 1.54) is 22.5 Å². The van der Waals surface area contributed by atoms with E-state index in [9.17, 15) is 9.59 Å². The number of hydrogen-bond donors (Lipinski definition) is 1.